The molecule has 5 nitrogen and oxygen atoms in total. The zero-order valence-corrected chi connectivity index (χ0v) is 16.1. The molecule has 3 aromatic rings. The van der Waals surface area contributed by atoms with E-state index in [9.17, 15) is 18.4 Å². The number of halogens is 2. The minimum absolute atomic E-state index is 0.178. The van der Waals surface area contributed by atoms with Crippen LogP contribution in [0.1, 0.15) is 22.8 Å². The van der Waals surface area contributed by atoms with Crippen molar-refractivity contribution >= 4 is 23.2 Å². The van der Waals surface area contributed by atoms with Crippen LogP contribution in [0.15, 0.2) is 66.7 Å². The quantitative estimate of drug-likeness (QED) is 0.690. The van der Waals surface area contributed by atoms with E-state index in [2.05, 4.69) is 5.32 Å². The first-order valence-corrected chi connectivity index (χ1v) is 9.34. The minimum atomic E-state index is -0.675. The van der Waals surface area contributed by atoms with E-state index in [-0.39, 0.29) is 23.8 Å². The molecular formula is C23H18F2N2O3. The average molecular weight is 408 g/mol. The van der Waals surface area contributed by atoms with Crippen molar-refractivity contribution < 1.29 is 23.1 Å². The summed E-state index contributed by atoms with van der Waals surface area (Å²) in [4.78, 5) is 26.7. The van der Waals surface area contributed by atoms with Crippen LogP contribution in [0.4, 0.5) is 20.2 Å². The molecule has 7 heteroatoms. The number of hydrogen-bond acceptors (Lipinski definition) is 3. The third kappa shape index (κ3) is 4.00. The van der Waals surface area contributed by atoms with Crippen LogP contribution in [0, 0.1) is 11.6 Å². The molecule has 2 amide bonds. The van der Waals surface area contributed by atoms with Gasteiger partial charge in [-0.1, -0.05) is 18.2 Å². The number of carbonyl (C=O) groups is 2. The Balaban J connectivity index is 1.63. The van der Waals surface area contributed by atoms with E-state index in [0.29, 0.717) is 17.1 Å². The minimum Gasteiger partial charge on any atom is -0.479 e. The van der Waals surface area contributed by atoms with E-state index in [1.54, 1.807) is 37.3 Å². The van der Waals surface area contributed by atoms with E-state index in [0.717, 1.165) is 11.6 Å². The second-order valence-corrected chi connectivity index (χ2v) is 6.96. The van der Waals surface area contributed by atoms with Crippen LogP contribution in [0.25, 0.3) is 0 Å². The summed E-state index contributed by atoms with van der Waals surface area (Å²) in [6, 6.07) is 16.2. The first kappa shape index (κ1) is 19.6. The molecule has 0 radical (unpaired) electrons. The summed E-state index contributed by atoms with van der Waals surface area (Å²) in [5, 5.41) is 2.70. The van der Waals surface area contributed by atoms with E-state index in [1.807, 2.05) is 0 Å². The second kappa shape index (κ2) is 7.94. The predicted molar refractivity (Wildman–Crippen MR) is 108 cm³/mol. The molecule has 30 heavy (non-hydrogen) atoms. The van der Waals surface area contributed by atoms with Gasteiger partial charge in [-0.05, 0) is 61.0 Å². The van der Waals surface area contributed by atoms with Gasteiger partial charge in [0, 0.05) is 11.3 Å². The maximum absolute atomic E-state index is 13.4. The molecule has 0 bridgehead atoms. The number of nitrogens with one attached hydrogen (secondary N) is 1. The fraction of sp³-hybridized carbons (Fsp3) is 0.130. The largest absolute Gasteiger partial charge is 0.479 e. The van der Waals surface area contributed by atoms with Gasteiger partial charge >= 0.3 is 0 Å². The molecular weight excluding hydrogens is 390 g/mol. The molecule has 0 spiro atoms. The molecule has 0 aliphatic carbocycles. The summed E-state index contributed by atoms with van der Waals surface area (Å²) in [7, 11) is 0. The van der Waals surface area contributed by atoms with Gasteiger partial charge in [0.2, 0.25) is 0 Å². The summed E-state index contributed by atoms with van der Waals surface area (Å²) < 4.78 is 32.3. The Kier molecular flexibility index (Phi) is 5.18. The highest BCUT2D eigenvalue weighted by atomic mass is 19.1. The Hall–Kier alpha value is -3.74. The van der Waals surface area contributed by atoms with Gasteiger partial charge in [-0.3, -0.25) is 9.59 Å². The Labute approximate surface area is 171 Å². The van der Waals surface area contributed by atoms with E-state index >= 15 is 0 Å². The predicted octanol–water partition coefficient (Wildman–Crippen LogP) is 4.53. The van der Waals surface area contributed by atoms with Gasteiger partial charge in [0.1, 0.15) is 17.4 Å². The fourth-order valence-electron chi connectivity index (χ4n) is 3.25. The van der Waals surface area contributed by atoms with Crippen molar-refractivity contribution in [2.45, 2.75) is 19.6 Å². The highest BCUT2D eigenvalue weighted by Crippen LogP contribution is 2.37. The Morgan fingerprint density at radius 2 is 1.80 bits per heavy atom. The molecule has 3 aromatic carbocycles. The Morgan fingerprint density at radius 3 is 2.53 bits per heavy atom. The number of ether oxygens (including phenoxy) is 1. The molecule has 4 rings (SSSR count). The van der Waals surface area contributed by atoms with E-state index < -0.39 is 17.8 Å². The molecule has 0 aromatic heterocycles. The van der Waals surface area contributed by atoms with Crippen molar-refractivity contribution in [1.82, 2.24) is 0 Å². The number of fused-ring (bicyclic) bond motifs is 1. The fourth-order valence-corrected chi connectivity index (χ4v) is 3.25. The van der Waals surface area contributed by atoms with Gasteiger partial charge < -0.3 is 15.0 Å². The highest BCUT2D eigenvalue weighted by molar-refractivity contribution is 6.05. The van der Waals surface area contributed by atoms with Crippen LogP contribution in [0.3, 0.4) is 0 Å². The molecule has 1 aliphatic heterocycles. The zero-order chi connectivity index (χ0) is 21.3. The lowest BCUT2D eigenvalue weighted by atomic mass is 10.1. The second-order valence-electron chi connectivity index (χ2n) is 6.96. The molecule has 1 heterocycles. The maximum Gasteiger partial charge on any atom is 0.268 e. The molecule has 1 atom stereocenters. The van der Waals surface area contributed by atoms with Crippen molar-refractivity contribution in [3.63, 3.8) is 0 Å². The first-order chi connectivity index (χ1) is 14.4. The molecule has 0 saturated carbocycles. The van der Waals surface area contributed by atoms with Gasteiger partial charge in [0.15, 0.2) is 6.10 Å². The molecule has 0 fully saturated rings. The number of nitrogens with zero attached hydrogens (tertiary/aromatic N) is 1. The number of anilines is 2. The summed E-state index contributed by atoms with van der Waals surface area (Å²) in [6.45, 7) is 1.88. The molecule has 1 unspecified atom stereocenters. The van der Waals surface area contributed by atoms with Gasteiger partial charge in [0.05, 0.1) is 12.2 Å². The van der Waals surface area contributed by atoms with Crippen LogP contribution in [0.2, 0.25) is 0 Å². The molecule has 1 aliphatic rings. The Morgan fingerprint density at radius 1 is 1.03 bits per heavy atom. The van der Waals surface area contributed by atoms with Crippen molar-refractivity contribution in [1.29, 1.82) is 0 Å². The van der Waals surface area contributed by atoms with Crippen LogP contribution in [-0.4, -0.2) is 17.9 Å². The number of benzene rings is 3. The van der Waals surface area contributed by atoms with Crippen molar-refractivity contribution in [3.05, 3.63) is 89.5 Å². The molecule has 1 N–H and O–H groups in total. The van der Waals surface area contributed by atoms with Crippen molar-refractivity contribution in [2.75, 3.05) is 10.2 Å². The summed E-state index contributed by atoms with van der Waals surface area (Å²) in [5.74, 6) is -1.10. The van der Waals surface area contributed by atoms with Crippen LogP contribution in [0.5, 0.6) is 5.75 Å². The summed E-state index contributed by atoms with van der Waals surface area (Å²) in [6.07, 6.45) is -0.675. The maximum atomic E-state index is 13.4. The molecule has 152 valence electrons. The SMILES string of the molecule is CC1Oc2ccc(NC(=O)c3cccc(F)c3)cc2N(Cc2ccc(F)cc2)C1=O. The van der Waals surface area contributed by atoms with Crippen molar-refractivity contribution in [3.8, 4) is 5.75 Å². The number of carbonyl (C=O) groups excluding carboxylic acids is 2. The zero-order valence-electron chi connectivity index (χ0n) is 16.1. The smallest absolute Gasteiger partial charge is 0.268 e. The Bertz CT molecular complexity index is 1120. The topological polar surface area (TPSA) is 58.6 Å². The van der Waals surface area contributed by atoms with E-state index in [4.69, 9.17) is 4.74 Å². The lowest BCUT2D eigenvalue weighted by Crippen LogP contribution is -2.44. The summed E-state index contributed by atoms with van der Waals surface area (Å²) in [5.41, 5.74) is 1.84. The van der Waals surface area contributed by atoms with Crippen LogP contribution >= 0.6 is 0 Å². The third-order valence-corrected chi connectivity index (χ3v) is 4.77. The number of hydrogen-bond donors (Lipinski definition) is 1. The lowest BCUT2D eigenvalue weighted by molar-refractivity contribution is -0.125. The number of amides is 2. The monoisotopic (exact) mass is 408 g/mol. The van der Waals surface area contributed by atoms with Crippen LogP contribution in [-0.2, 0) is 11.3 Å². The van der Waals surface area contributed by atoms with Gasteiger partial charge in [-0.25, -0.2) is 8.78 Å². The first-order valence-electron chi connectivity index (χ1n) is 9.34. The van der Waals surface area contributed by atoms with Gasteiger partial charge in [-0.15, -0.1) is 0 Å². The normalized spacial score (nSPS) is 15.4. The van der Waals surface area contributed by atoms with Crippen molar-refractivity contribution in [2.24, 2.45) is 0 Å². The standard InChI is InChI=1S/C23H18F2N2O3/c1-14-23(29)27(13-15-5-7-17(24)8-6-15)20-12-19(9-10-21(20)30-14)26-22(28)16-3-2-4-18(25)11-16/h2-12,14H,13H2,1H3,(H,26,28). The average Bonchev–Trinajstić information content (AvgIpc) is 2.73. The highest BCUT2D eigenvalue weighted by Gasteiger charge is 2.32. The summed E-state index contributed by atoms with van der Waals surface area (Å²) >= 11 is 0. The molecule has 0 saturated heterocycles. The van der Waals surface area contributed by atoms with Gasteiger partial charge in [-0.2, -0.15) is 0 Å². The lowest BCUT2D eigenvalue weighted by Gasteiger charge is -2.33. The third-order valence-electron chi connectivity index (χ3n) is 4.77. The van der Waals surface area contributed by atoms with Crippen LogP contribution < -0.4 is 15.0 Å². The van der Waals surface area contributed by atoms with Gasteiger partial charge in [0.25, 0.3) is 11.8 Å². The number of rotatable bonds is 4. The van der Waals surface area contributed by atoms with E-state index in [1.165, 1.54) is 35.2 Å².